The van der Waals surface area contributed by atoms with Crippen LogP contribution in [0.1, 0.15) is 35.9 Å². The van der Waals surface area contributed by atoms with E-state index in [9.17, 15) is 9.59 Å². The molecule has 1 saturated heterocycles. The molecule has 2 N–H and O–H groups in total. The maximum Gasteiger partial charge on any atom is 0.322 e. The summed E-state index contributed by atoms with van der Waals surface area (Å²) in [5, 5.41) is 15.1. The Kier molecular flexibility index (Phi) is 5.51. The van der Waals surface area contributed by atoms with Gasteiger partial charge in [-0.2, -0.15) is 0 Å². The molecule has 1 aromatic heterocycles. The molecule has 138 valence electrons. The number of benzene rings is 1. The topological polar surface area (TPSA) is 87.2 Å². The Morgan fingerprint density at radius 1 is 1.23 bits per heavy atom. The number of likely N-dealkylation sites (tertiary alicyclic amines) is 1. The quantitative estimate of drug-likeness (QED) is 0.860. The predicted octanol–water partition coefficient (Wildman–Crippen LogP) is 3.35. The van der Waals surface area contributed by atoms with E-state index >= 15 is 0 Å². The molecule has 3 rings (SSSR count). The highest BCUT2D eigenvalue weighted by atomic mass is 32.1. The number of nitrogens with one attached hydrogen (secondary N) is 2. The standard InChI is InChI=1S/C18H23N5O2S/c1-4-14-21-22-17(26-14)20-16(24)13-9-6-10-23(13)18(25)19-15-11(2)7-5-8-12(15)3/h5,7-8,13H,4,6,9-10H2,1-3H3,(H,19,25)(H,20,22,24). The number of amides is 3. The van der Waals surface area contributed by atoms with E-state index in [-0.39, 0.29) is 11.9 Å². The summed E-state index contributed by atoms with van der Waals surface area (Å²) >= 11 is 1.36. The van der Waals surface area contributed by atoms with Crippen LogP contribution in [0.4, 0.5) is 15.6 Å². The number of nitrogens with zero attached hydrogens (tertiary/aromatic N) is 3. The van der Waals surface area contributed by atoms with Crippen LogP contribution in [-0.2, 0) is 11.2 Å². The average Bonchev–Trinajstić information content (AvgIpc) is 3.27. The fraction of sp³-hybridized carbons (Fsp3) is 0.444. The summed E-state index contributed by atoms with van der Waals surface area (Å²) in [4.78, 5) is 27.0. The Bertz CT molecular complexity index is 799. The zero-order valence-electron chi connectivity index (χ0n) is 15.2. The summed E-state index contributed by atoms with van der Waals surface area (Å²) in [5.74, 6) is -0.210. The van der Waals surface area contributed by atoms with Crippen molar-refractivity contribution in [2.45, 2.75) is 46.1 Å². The maximum absolute atomic E-state index is 12.7. The minimum atomic E-state index is -0.492. The number of para-hydroxylation sites is 1. The lowest BCUT2D eigenvalue weighted by Gasteiger charge is -2.24. The molecule has 1 aliphatic heterocycles. The molecule has 3 amide bonds. The zero-order valence-corrected chi connectivity index (χ0v) is 16.0. The molecule has 7 nitrogen and oxygen atoms in total. The monoisotopic (exact) mass is 373 g/mol. The number of rotatable bonds is 4. The van der Waals surface area contributed by atoms with Crippen LogP contribution in [0.15, 0.2) is 18.2 Å². The Balaban J connectivity index is 1.69. The lowest BCUT2D eigenvalue weighted by molar-refractivity contribution is -0.119. The molecule has 0 bridgehead atoms. The molecule has 0 aliphatic carbocycles. The van der Waals surface area contributed by atoms with Crippen LogP contribution >= 0.6 is 11.3 Å². The molecular weight excluding hydrogens is 350 g/mol. The van der Waals surface area contributed by atoms with Gasteiger partial charge in [0.25, 0.3) is 0 Å². The van der Waals surface area contributed by atoms with Crippen molar-refractivity contribution in [3.8, 4) is 0 Å². The number of carbonyl (C=O) groups excluding carboxylic acids is 2. The van der Waals surface area contributed by atoms with Crippen molar-refractivity contribution >= 4 is 34.1 Å². The minimum Gasteiger partial charge on any atom is -0.312 e. The van der Waals surface area contributed by atoms with E-state index < -0.39 is 6.04 Å². The van der Waals surface area contributed by atoms with Crippen LogP contribution in [0.2, 0.25) is 0 Å². The first kappa shape index (κ1) is 18.3. The summed E-state index contributed by atoms with van der Waals surface area (Å²) in [6.07, 6.45) is 2.22. The van der Waals surface area contributed by atoms with Crippen molar-refractivity contribution in [3.63, 3.8) is 0 Å². The number of aromatic nitrogens is 2. The molecule has 1 aromatic carbocycles. The molecule has 0 saturated carbocycles. The van der Waals surface area contributed by atoms with Gasteiger partial charge < -0.3 is 10.2 Å². The van der Waals surface area contributed by atoms with Gasteiger partial charge in [0, 0.05) is 12.2 Å². The summed E-state index contributed by atoms with van der Waals surface area (Å²) in [7, 11) is 0. The van der Waals surface area contributed by atoms with Gasteiger partial charge >= 0.3 is 6.03 Å². The zero-order chi connectivity index (χ0) is 18.7. The van der Waals surface area contributed by atoms with Gasteiger partial charge in [-0.05, 0) is 44.2 Å². The second-order valence-corrected chi connectivity index (χ2v) is 7.45. The summed E-state index contributed by atoms with van der Waals surface area (Å²) in [6, 6.07) is 5.13. The SMILES string of the molecule is CCc1nnc(NC(=O)C2CCCN2C(=O)Nc2c(C)cccc2C)s1. The van der Waals surface area contributed by atoms with Gasteiger partial charge in [0.15, 0.2) is 0 Å². The fourth-order valence-corrected chi connectivity index (χ4v) is 3.79. The molecule has 8 heteroatoms. The van der Waals surface area contributed by atoms with Gasteiger partial charge in [0.2, 0.25) is 11.0 Å². The van der Waals surface area contributed by atoms with E-state index in [0.29, 0.717) is 18.1 Å². The lowest BCUT2D eigenvalue weighted by atomic mass is 10.1. The smallest absolute Gasteiger partial charge is 0.312 e. The minimum absolute atomic E-state index is 0.210. The third-order valence-electron chi connectivity index (χ3n) is 4.53. The fourth-order valence-electron chi connectivity index (χ4n) is 3.11. The van der Waals surface area contributed by atoms with E-state index in [4.69, 9.17) is 0 Å². The third kappa shape index (κ3) is 3.85. The maximum atomic E-state index is 12.7. The number of carbonyl (C=O) groups is 2. The van der Waals surface area contributed by atoms with Gasteiger partial charge in [-0.1, -0.05) is 36.5 Å². The number of anilines is 2. The number of hydrogen-bond acceptors (Lipinski definition) is 5. The van der Waals surface area contributed by atoms with Crippen LogP contribution in [0.25, 0.3) is 0 Å². The lowest BCUT2D eigenvalue weighted by Crippen LogP contribution is -2.45. The average molecular weight is 373 g/mol. The van der Waals surface area contributed by atoms with E-state index in [0.717, 1.165) is 34.7 Å². The van der Waals surface area contributed by atoms with E-state index in [1.165, 1.54) is 11.3 Å². The van der Waals surface area contributed by atoms with E-state index in [2.05, 4.69) is 20.8 Å². The molecule has 0 radical (unpaired) electrons. The normalized spacial score (nSPS) is 16.6. The number of urea groups is 1. The van der Waals surface area contributed by atoms with E-state index in [1.807, 2.05) is 39.0 Å². The Morgan fingerprint density at radius 3 is 2.62 bits per heavy atom. The highest BCUT2D eigenvalue weighted by Crippen LogP contribution is 2.24. The van der Waals surface area contributed by atoms with Crippen LogP contribution in [-0.4, -0.2) is 39.6 Å². The Labute approximate surface area is 156 Å². The van der Waals surface area contributed by atoms with Crippen molar-refractivity contribution in [3.05, 3.63) is 34.3 Å². The molecule has 26 heavy (non-hydrogen) atoms. The molecule has 2 heterocycles. The van der Waals surface area contributed by atoms with Gasteiger partial charge in [0.05, 0.1) is 0 Å². The van der Waals surface area contributed by atoms with Crippen molar-refractivity contribution in [1.29, 1.82) is 0 Å². The highest BCUT2D eigenvalue weighted by Gasteiger charge is 2.34. The first-order chi connectivity index (χ1) is 12.5. The molecule has 0 spiro atoms. The first-order valence-electron chi connectivity index (χ1n) is 8.76. The third-order valence-corrected chi connectivity index (χ3v) is 5.51. The first-order valence-corrected chi connectivity index (χ1v) is 9.58. The summed E-state index contributed by atoms with van der Waals surface area (Å²) in [5.41, 5.74) is 2.80. The van der Waals surface area contributed by atoms with Crippen molar-refractivity contribution in [2.75, 3.05) is 17.2 Å². The predicted molar refractivity (Wildman–Crippen MR) is 103 cm³/mol. The van der Waals surface area contributed by atoms with Gasteiger partial charge in [-0.25, -0.2) is 4.79 Å². The molecule has 1 unspecified atom stereocenters. The van der Waals surface area contributed by atoms with Gasteiger partial charge in [-0.3, -0.25) is 10.1 Å². The molecule has 2 aromatic rings. The number of hydrogen-bond donors (Lipinski definition) is 2. The van der Waals surface area contributed by atoms with Crippen molar-refractivity contribution in [2.24, 2.45) is 0 Å². The molecule has 1 atom stereocenters. The van der Waals surface area contributed by atoms with Gasteiger partial charge in [-0.15, -0.1) is 10.2 Å². The van der Waals surface area contributed by atoms with E-state index in [1.54, 1.807) is 4.90 Å². The summed E-state index contributed by atoms with van der Waals surface area (Å²) in [6.45, 7) is 6.46. The van der Waals surface area contributed by atoms with Gasteiger partial charge in [0.1, 0.15) is 11.0 Å². The molecular formula is C18H23N5O2S. The van der Waals surface area contributed by atoms with Crippen molar-refractivity contribution in [1.82, 2.24) is 15.1 Å². The highest BCUT2D eigenvalue weighted by molar-refractivity contribution is 7.15. The second-order valence-electron chi connectivity index (χ2n) is 6.39. The number of aryl methyl sites for hydroxylation is 3. The summed E-state index contributed by atoms with van der Waals surface area (Å²) < 4.78 is 0. The van der Waals surface area contributed by atoms with Crippen LogP contribution in [0.5, 0.6) is 0 Å². The van der Waals surface area contributed by atoms with Crippen molar-refractivity contribution < 1.29 is 9.59 Å². The van der Waals surface area contributed by atoms with Crippen LogP contribution < -0.4 is 10.6 Å². The molecule has 1 fully saturated rings. The van der Waals surface area contributed by atoms with Crippen LogP contribution in [0, 0.1) is 13.8 Å². The largest absolute Gasteiger partial charge is 0.322 e. The Hall–Kier alpha value is -2.48. The Morgan fingerprint density at radius 2 is 1.96 bits per heavy atom. The van der Waals surface area contributed by atoms with Crippen LogP contribution in [0.3, 0.4) is 0 Å². The molecule has 1 aliphatic rings. The second kappa shape index (κ2) is 7.82.